The van der Waals surface area contributed by atoms with Crippen LogP contribution in [0.2, 0.25) is 0 Å². The van der Waals surface area contributed by atoms with E-state index in [2.05, 4.69) is 10.3 Å². The van der Waals surface area contributed by atoms with E-state index < -0.39 is 24.6 Å². The number of H-pyrrole nitrogens is 1. The molecule has 2 aromatic rings. The zero-order valence-electron chi connectivity index (χ0n) is 9.41. The van der Waals surface area contributed by atoms with Crippen molar-refractivity contribution in [3.8, 4) is 0 Å². The van der Waals surface area contributed by atoms with Crippen LogP contribution in [0.3, 0.4) is 0 Å². The average molecular weight is 277 g/mol. The molecule has 0 aliphatic carbocycles. The molecule has 1 unspecified atom stereocenters. The predicted molar refractivity (Wildman–Crippen MR) is 61.8 cm³/mol. The Hall–Kier alpha value is -2.16. The van der Waals surface area contributed by atoms with Gasteiger partial charge in [0.1, 0.15) is 0 Å². The molecule has 0 radical (unpaired) electrons. The summed E-state index contributed by atoms with van der Waals surface area (Å²) in [6.45, 7) is -0.749. The Morgan fingerprint density at radius 1 is 1.47 bits per heavy atom. The largest absolute Gasteiger partial charge is 0.417 e. The first kappa shape index (κ1) is 13.3. The highest BCUT2D eigenvalue weighted by Gasteiger charge is 2.37. The van der Waals surface area contributed by atoms with Crippen molar-refractivity contribution < 1.29 is 22.7 Å². The van der Waals surface area contributed by atoms with Gasteiger partial charge in [-0.15, -0.1) is 0 Å². The van der Waals surface area contributed by atoms with Crippen molar-refractivity contribution in [1.29, 1.82) is 0 Å². The number of hydrogen-bond donors (Lipinski definition) is 4. The lowest BCUT2D eigenvalue weighted by atomic mass is 10.2. The fraction of sp³-hybridized carbons (Fsp3) is 0.300. The summed E-state index contributed by atoms with van der Waals surface area (Å²) in [5, 5.41) is 11.2. The SMILES string of the molecule is Nc1cc2oc(=O)[nH]c2cc1NCC(O)C(F)(F)F. The van der Waals surface area contributed by atoms with E-state index in [0.717, 1.165) is 0 Å². The molecule has 1 aromatic heterocycles. The zero-order chi connectivity index (χ0) is 14.2. The van der Waals surface area contributed by atoms with Gasteiger partial charge in [0.05, 0.1) is 16.9 Å². The topological polar surface area (TPSA) is 104 Å². The third-order valence-electron chi connectivity index (χ3n) is 2.45. The number of aliphatic hydroxyl groups is 1. The van der Waals surface area contributed by atoms with Crippen LogP contribution in [0.5, 0.6) is 0 Å². The molecule has 104 valence electrons. The first-order chi connectivity index (χ1) is 8.77. The molecule has 0 saturated heterocycles. The molecule has 19 heavy (non-hydrogen) atoms. The fourth-order valence-electron chi connectivity index (χ4n) is 1.49. The summed E-state index contributed by atoms with van der Waals surface area (Å²) in [5.74, 6) is -0.693. The summed E-state index contributed by atoms with van der Waals surface area (Å²) in [6.07, 6.45) is -7.22. The number of aliphatic hydroxyl groups excluding tert-OH is 1. The monoisotopic (exact) mass is 277 g/mol. The lowest BCUT2D eigenvalue weighted by molar-refractivity contribution is -0.198. The molecule has 0 saturated carbocycles. The summed E-state index contributed by atoms with van der Waals surface area (Å²) >= 11 is 0. The molecule has 0 amide bonds. The van der Waals surface area contributed by atoms with Gasteiger partial charge in [0, 0.05) is 12.6 Å². The first-order valence-corrected chi connectivity index (χ1v) is 5.18. The average Bonchev–Trinajstić information content (AvgIpc) is 2.63. The molecule has 2 rings (SSSR count). The molecule has 6 nitrogen and oxygen atoms in total. The quantitative estimate of drug-likeness (QED) is 0.627. The molecular weight excluding hydrogens is 267 g/mol. The van der Waals surface area contributed by atoms with Gasteiger partial charge in [0.25, 0.3) is 0 Å². The minimum Gasteiger partial charge on any atom is -0.408 e. The predicted octanol–water partition coefficient (Wildman–Crippen LogP) is 1.04. The van der Waals surface area contributed by atoms with Crippen LogP contribution >= 0.6 is 0 Å². The number of nitrogens with two attached hydrogens (primary N) is 1. The highest BCUT2D eigenvalue weighted by molar-refractivity contribution is 5.85. The van der Waals surface area contributed by atoms with Crippen molar-refractivity contribution in [3.63, 3.8) is 0 Å². The van der Waals surface area contributed by atoms with Crippen molar-refractivity contribution in [2.75, 3.05) is 17.6 Å². The number of oxazole rings is 1. The maximum absolute atomic E-state index is 12.1. The van der Waals surface area contributed by atoms with Crippen molar-refractivity contribution in [2.24, 2.45) is 0 Å². The van der Waals surface area contributed by atoms with Gasteiger partial charge in [-0.2, -0.15) is 13.2 Å². The molecule has 1 aromatic carbocycles. The summed E-state index contributed by atoms with van der Waals surface area (Å²) in [5.41, 5.74) is 6.34. The highest BCUT2D eigenvalue weighted by atomic mass is 19.4. The van der Waals surface area contributed by atoms with Crippen LogP contribution in [0.4, 0.5) is 24.5 Å². The van der Waals surface area contributed by atoms with Crippen molar-refractivity contribution in [2.45, 2.75) is 12.3 Å². The van der Waals surface area contributed by atoms with Crippen LogP contribution in [-0.2, 0) is 0 Å². The van der Waals surface area contributed by atoms with Gasteiger partial charge in [0.15, 0.2) is 11.7 Å². The molecular formula is C10H10F3N3O3. The van der Waals surface area contributed by atoms with Crippen LogP contribution in [0, 0.1) is 0 Å². The summed E-state index contributed by atoms with van der Waals surface area (Å²) < 4.78 is 41.1. The summed E-state index contributed by atoms with van der Waals surface area (Å²) in [4.78, 5) is 13.3. The normalized spacial score (nSPS) is 13.7. The lowest BCUT2D eigenvalue weighted by Gasteiger charge is -2.16. The van der Waals surface area contributed by atoms with Gasteiger partial charge >= 0.3 is 11.9 Å². The second-order valence-corrected chi connectivity index (χ2v) is 3.89. The second-order valence-electron chi connectivity index (χ2n) is 3.89. The number of nitrogen functional groups attached to an aromatic ring is 1. The van der Waals surface area contributed by atoms with Crippen molar-refractivity contribution in [3.05, 3.63) is 22.7 Å². The van der Waals surface area contributed by atoms with Gasteiger partial charge in [-0.25, -0.2) is 4.79 Å². The van der Waals surface area contributed by atoms with Crippen molar-refractivity contribution >= 4 is 22.5 Å². The number of hydrogen-bond acceptors (Lipinski definition) is 5. The molecule has 0 aliphatic rings. The minimum absolute atomic E-state index is 0.102. The van der Waals surface area contributed by atoms with E-state index >= 15 is 0 Å². The van der Waals surface area contributed by atoms with Gasteiger partial charge in [-0.1, -0.05) is 0 Å². The molecule has 0 fully saturated rings. The zero-order valence-corrected chi connectivity index (χ0v) is 9.41. The Morgan fingerprint density at radius 2 is 2.16 bits per heavy atom. The molecule has 5 N–H and O–H groups in total. The maximum Gasteiger partial charge on any atom is 0.417 e. The fourth-order valence-corrected chi connectivity index (χ4v) is 1.49. The second kappa shape index (κ2) is 4.50. The van der Waals surface area contributed by atoms with E-state index in [4.69, 9.17) is 15.3 Å². The van der Waals surface area contributed by atoms with Gasteiger partial charge in [0.2, 0.25) is 0 Å². The highest BCUT2D eigenvalue weighted by Crippen LogP contribution is 2.26. The number of nitrogens with one attached hydrogen (secondary N) is 2. The Balaban J connectivity index is 2.21. The van der Waals surface area contributed by atoms with E-state index in [9.17, 15) is 18.0 Å². The van der Waals surface area contributed by atoms with E-state index in [1.54, 1.807) is 0 Å². The first-order valence-electron chi connectivity index (χ1n) is 5.18. The van der Waals surface area contributed by atoms with Gasteiger partial charge in [-0.3, -0.25) is 4.98 Å². The van der Waals surface area contributed by atoms with Crippen LogP contribution in [0.1, 0.15) is 0 Å². The molecule has 1 heterocycles. The smallest absolute Gasteiger partial charge is 0.408 e. The van der Waals surface area contributed by atoms with Crippen LogP contribution in [0.25, 0.3) is 11.1 Å². The number of aromatic amines is 1. The van der Waals surface area contributed by atoms with E-state index in [1.165, 1.54) is 12.1 Å². The number of aromatic nitrogens is 1. The van der Waals surface area contributed by atoms with Crippen LogP contribution in [-0.4, -0.2) is 28.9 Å². The maximum atomic E-state index is 12.1. The lowest BCUT2D eigenvalue weighted by Crippen LogP contribution is -2.35. The number of benzene rings is 1. The number of anilines is 2. The summed E-state index contributed by atoms with van der Waals surface area (Å²) in [7, 11) is 0. The Labute approximate surface area is 104 Å². The third-order valence-corrected chi connectivity index (χ3v) is 2.45. The van der Waals surface area contributed by atoms with E-state index in [1.807, 2.05) is 0 Å². The van der Waals surface area contributed by atoms with Crippen molar-refractivity contribution in [1.82, 2.24) is 4.98 Å². The number of rotatable bonds is 3. The van der Waals surface area contributed by atoms with Gasteiger partial charge < -0.3 is 20.6 Å². The molecule has 0 aliphatic heterocycles. The van der Waals surface area contributed by atoms with E-state index in [-0.39, 0.29) is 17.0 Å². The Bertz CT molecular complexity index is 647. The standard InChI is InChI=1S/C10H10F3N3O3/c11-10(12,13)8(17)3-15-5-2-6-7(1-4(5)14)19-9(18)16-6/h1-2,8,15,17H,3,14H2,(H,16,18). The van der Waals surface area contributed by atoms with Gasteiger partial charge in [-0.05, 0) is 6.07 Å². The van der Waals surface area contributed by atoms with Crippen LogP contribution < -0.4 is 16.8 Å². The van der Waals surface area contributed by atoms with Crippen LogP contribution in [0.15, 0.2) is 21.3 Å². The number of alkyl halides is 3. The number of fused-ring (bicyclic) bond motifs is 1. The molecule has 9 heteroatoms. The Morgan fingerprint density at radius 3 is 2.79 bits per heavy atom. The Kier molecular flexibility index (Phi) is 3.14. The molecule has 1 atom stereocenters. The van der Waals surface area contributed by atoms with E-state index in [0.29, 0.717) is 5.52 Å². The summed E-state index contributed by atoms with van der Waals surface area (Å²) in [6, 6.07) is 2.63. The molecule has 0 bridgehead atoms. The third kappa shape index (κ3) is 2.81. The molecule has 0 spiro atoms. The number of halogens is 3. The minimum atomic E-state index is -4.71.